The normalized spacial score (nSPS) is 31.3. The first-order valence-corrected chi connectivity index (χ1v) is 53.9. The number of benzene rings is 5. The number of hydrogen-bond acceptors (Lipinski definition) is 20. The summed E-state index contributed by atoms with van der Waals surface area (Å²) in [5.74, 6) is -0.144. The van der Waals surface area contributed by atoms with Crippen molar-refractivity contribution in [2.45, 2.75) is 362 Å². The Morgan fingerprint density at radius 2 is 1.08 bits per heavy atom. The number of phenols is 2. The van der Waals surface area contributed by atoms with Gasteiger partial charge in [-0.1, -0.05) is 287 Å². The number of hydrogen-bond donors (Lipinski definition) is 5. The molecule has 0 bridgehead atoms. The molecule has 21 heteroatoms. The molecule has 5 aromatic rings. The van der Waals surface area contributed by atoms with Crippen LogP contribution < -0.4 is 9.47 Å². The number of aromatic hydroxyl groups is 2. The fraction of sp³-hybridized carbons (Fsp3) is 0.582. The number of phenolic OH excluding ortho intramolecular Hbond substituents is 2. The number of thiol groups is 1. The maximum Gasteiger partial charge on any atom is 0.310 e. The molecule has 17 atom stereocenters. The van der Waals surface area contributed by atoms with E-state index in [0.717, 1.165) is 158 Å². The highest BCUT2D eigenvalue weighted by Crippen LogP contribution is 2.78. The number of aliphatic hydroxyl groups is 2. The zero-order chi connectivity index (χ0) is 107. The molecule has 14 rings (SSSR count). The number of esters is 4. The highest BCUT2D eigenvalue weighted by Gasteiger charge is 2.69. The molecule has 0 spiro atoms. The number of aliphatic hydroxyl groups excluding tert-OH is 2. The van der Waals surface area contributed by atoms with Crippen molar-refractivity contribution in [1.29, 1.82) is 0 Å². The van der Waals surface area contributed by atoms with Gasteiger partial charge in [0, 0.05) is 86.8 Å². The van der Waals surface area contributed by atoms with Gasteiger partial charge in [0.2, 0.25) is 21.1 Å². The summed E-state index contributed by atoms with van der Waals surface area (Å²) in [6, 6.07) is 33.3. The van der Waals surface area contributed by atoms with Crippen LogP contribution in [0.1, 0.15) is 404 Å². The topological polar surface area (TPSA) is 296 Å². The lowest BCUT2D eigenvalue weighted by molar-refractivity contribution is -0.161. The lowest BCUT2D eigenvalue weighted by Crippen LogP contribution is -2.62. The predicted molar refractivity (Wildman–Crippen MR) is 579 cm³/mol. The summed E-state index contributed by atoms with van der Waals surface area (Å²) < 4.78 is 15.2. The molecule has 4 N–H and O–H groups in total. The van der Waals surface area contributed by atoms with Crippen molar-refractivity contribution < 1.29 is 87.4 Å². The van der Waals surface area contributed by atoms with Crippen molar-refractivity contribution in [2.24, 2.45) is 82.7 Å². The van der Waals surface area contributed by atoms with Crippen LogP contribution in [0.4, 0.5) is 0 Å². The predicted octanol–water partition coefficient (Wildman–Crippen LogP) is 29.8. The van der Waals surface area contributed by atoms with E-state index >= 15 is 0 Å². The number of ketones is 4. The Morgan fingerprint density at radius 1 is 0.552 bits per heavy atom. The van der Waals surface area contributed by atoms with Crippen molar-refractivity contribution in [2.75, 3.05) is 7.11 Å². The third-order valence-corrected chi connectivity index (χ3v) is 38.6. The van der Waals surface area contributed by atoms with Crippen LogP contribution in [0.2, 0.25) is 0 Å². The molecule has 143 heavy (non-hydrogen) atoms. The Morgan fingerprint density at radius 3 is 1.59 bits per heavy atom. The SMILES string of the molecule is CC(=O)CC(C)(C)CC[C@]1(C)CC[C@]2(C)C3CC(SC(=O)c4ccccc4)c4cc(OC(C)=O)c(OC(C)=O)cc4[C@]3(C)CC[C@@]2(C)C1.CC(=O)C[C@]1(C)CC[C@]2(C)CC[C@]3(C)C4=CC(SC(=O)c5ccccc5)c5c(cc(O)c(O)c5C)[C@]4(C)CC[C@@]3(C)[C@@H]2C1.CC(=O)OC(C)=O.CC[C@]1(C)C2=C/C=C/C(C)=C(/O)C(=O)/C=C/[C@]2(C)CC[C@@]1(C)C[C@H](C)CCC(C)(C)CC(C)=O.CO.O=C(S)c1ccccc1. The molecule has 0 aliphatic heterocycles. The van der Waals surface area contributed by atoms with Crippen molar-refractivity contribution in [1.82, 2.24) is 0 Å². The molecule has 0 radical (unpaired) electrons. The third-order valence-electron chi connectivity index (χ3n) is 36.1. The fourth-order valence-electron chi connectivity index (χ4n) is 27.7. The van der Waals surface area contributed by atoms with Crippen molar-refractivity contribution in [3.05, 3.63) is 213 Å². The van der Waals surface area contributed by atoms with E-state index in [2.05, 4.69) is 154 Å². The van der Waals surface area contributed by atoms with Crippen LogP contribution in [-0.2, 0) is 53.9 Å². The molecule has 6 fully saturated rings. The molecule has 18 nitrogen and oxygen atoms in total. The first-order chi connectivity index (χ1) is 66.4. The van der Waals surface area contributed by atoms with E-state index < -0.39 is 23.9 Å². The second-order valence-electron chi connectivity index (χ2n) is 48.3. The van der Waals surface area contributed by atoms with E-state index in [9.17, 15) is 68.1 Å². The Bertz CT molecular complexity index is 5710. The Labute approximate surface area is 867 Å². The van der Waals surface area contributed by atoms with Gasteiger partial charge in [-0.05, 0) is 303 Å². The molecule has 0 heterocycles. The van der Waals surface area contributed by atoms with Gasteiger partial charge < -0.3 is 49.0 Å². The number of allylic oxidation sites excluding steroid dienone is 8. The molecule has 0 aromatic heterocycles. The van der Waals surface area contributed by atoms with Crippen LogP contribution >= 0.6 is 36.2 Å². The molecule has 3 unspecified atom stereocenters. The van der Waals surface area contributed by atoms with Crippen molar-refractivity contribution >= 4 is 98.5 Å². The average Bonchev–Trinajstić information content (AvgIpc) is 0.673. The highest BCUT2D eigenvalue weighted by molar-refractivity contribution is 8.14. The molecule has 5 aromatic carbocycles. The van der Waals surface area contributed by atoms with Crippen LogP contribution in [-0.4, -0.2) is 89.9 Å². The Hall–Kier alpha value is -9.02. The maximum absolute atomic E-state index is 13.8. The molecule has 9 aliphatic rings. The van der Waals surface area contributed by atoms with Crippen molar-refractivity contribution in [3.8, 4) is 23.0 Å². The number of fused-ring (bicyclic) bond motifs is 13. The van der Waals surface area contributed by atoms with Crippen LogP contribution in [0.15, 0.2) is 168 Å². The Balaban J connectivity index is 0.000000221. The number of ether oxygens (including phenoxy) is 3. The summed E-state index contributed by atoms with van der Waals surface area (Å²) in [7, 11) is 1.00. The second-order valence-corrected chi connectivity index (χ2v) is 51.0. The van der Waals surface area contributed by atoms with Gasteiger partial charge in [0.05, 0.1) is 5.25 Å². The van der Waals surface area contributed by atoms with Gasteiger partial charge in [0.15, 0.2) is 28.8 Å². The smallest absolute Gasteiger partial charge is 0.310 e. The summed E-state index contributed by atoms with van der Waals surface area (Å²) in [6.45, 7) is 56.5. The summed E-state index contributed by atoms with van der Waals surface area (Å²) in [5, 5.41) is 38.4. The first kappa shape index (κ1) is 118. The van der Waals surface area contributed by atoms with Gasteiger partial charge in [0.25, 0.3) is 0 Å². The van der Waals surface area contributed by atoms with Gasteiger partial charge in [-0.15, -0.1) is 12.6 Å². The van der Waals surface area contributed by atoms with Crippen LogP contribution in [0, 0.1) is 89.7 Å². The second kappa shape index (κ2) is 46.2. The van der Waals surface area contributed by atoms with Crippen LogP contribution in [0.5, 0.6) is 23.0 Å². The standard InChI is InChI=1S/C41H54O6S.C38H48O4S.C31H48O3.C7H6OS.C4H6O3.CH4O/c1-26(42)24-37(4,5)15-16-38(6)17-20-41(9)35-23-34(48-36(45)29-13-11-10-12-14-29)30-21-32(46-27(2)43)33(47-28(3)44)22-31(30)40(35,8)19-18-39(41,7)25-38;1-23(39)21-34(3)13-14-35(4)15-17-37(6)29-20-28(43-33(42)25-11-9-8-10-12-25)31-24(2)32(41)27(40)19-26(31)36(29,5)16-18-38(37,7)30(35)22-34;1-10-31(9)26-13-11-12-23(3)27(34)25(33)15-17-29(26,7)18-19-30(31,8)20-22(2)14-16-28(5,6)21-24(4)32;8-7(9)6-4-2-1-3-5-6;1-3(5)7-4(2)6;1-2/h10-14,21-22,34-35H,15-20,23-25H2,1-9H3;8-12,19-20,28,30,40-41H,13-18,21-22H2,1-7H3;11-13,15,17,22,34H,10,14,16,18-21H2,1-9H3;1-5H,(H,8,9);1-2H3;2H,1H3/b;;12-11+,17-15+,26-13?,27-23+;;;/t34?,35?,38-,39+,40+,41-;28?,30-,34+,35-,36+,37-,38+;22-,29-,30+,31-;;;/m111.../s1. The summed E-state index contributed by atoms with van der Waals surface area (Å²) in [6.07, 6.45) is 36.4. The van der Waals surface area contributed by atoms with Gasteiger partial charge in [-0.3, -0.25) is 38.4 Å². The molecule has 780 valence electrons. The zero-order valence-electron chi connectivity index (χ0n) is 91.0. The number of Topliss-reactive ketones (excluding diaryl/α,β-unsaturated/α-hetero) is 3. The van der Waals surface area contributed by atoms with Gasteiger partial charge in [0.1, 0.15) is 17.3 Å². The number of carbonyl (C=O) groups is 11. The summed E-state index contributed by atoms with van der Waals surface area (Å²) in [4.78, 5) is 130. The number of carbonyl (C=O) groups excluding carboxylic acids is 11. The highest BCUT2D eigenvalue weighted by atomic mass is 32.2. The maximum atomic E-state index is 13.8. The third kappa shape index (κ3) is 26.2. The van der Waals surface area contributed by atoms with E-state index in [1.54, 1.807) is 52.0 Å². The molecular formula is C122H166O18S3. The molecule has 0 amide bonds. The fourth-order valence-corrected chi connectivity index (χ4v) is 30.1. The Kier molecular flexibility index (Phi) is 37.9. The van der Waals surface area contributed by atoms with Gasteiger partial charge >= 0.3 is 23.9 Å². The largest absolute Gasteiger partial charge is 0.504 e. The quantitative estimate of drug-likeness (QED) is 0.0107. The minimum atomic E-state index is -0.562. The van der Waals surface area contributed by atoms with E-state index in [1.165, 1.54) is 68.8 Å². The molecule has 9 aliphatic carbocycles. The van der Waals surface area contributed by atoms with E-state index in [0.29, 0.717) is 64.7 Å². The number of rotatable bonds is 22. The summed E-state index contributed by atoms with van der Waals surface area (Å²) in [5.41, 5.74) is 10.0. The molecule has 0 saturated heterocycles. The minimum absolute atomic E-state index is 0.00490. The van der Waals surface area contributed by atoms with Crippen molar-refractivity contribution in [3.63, 3.8) is 0 Å². The minimum Gasteiger partial charge on any atom is -0.504 e. The summed E-state index contributed by atoms with van der Waals surface area (Å²) >= 11 is 6.32. The van der Waals surface area contributed by atoms with E-state index in [-0.39, 0.29) is 154 Å². The van der Waals surface area contributed by atoms with Crippen LogP contribution in [0.25, 0.3) is 0 Å². The zero-order valence-corrected chi connectivity index (χ0v) is 93.5. The van der Waals surface area contributed by atoms with Gasteiger partial charge in [-0.25, -0.2) is 0 Å². The van der Waals surface area contributed by atoms with E-state index in [1.807, 2.05) is 116 Å². The monoisotopic (exact) mass is 2020 g/mol. The first-order valence-electron chi connectivity index (χ1n) is 51.7. The lowest BCUT2D eigenvalue weighted by Gasteiger charge is -2.70. The number of thioether (sulfide) groups is 2. The average molecular weight is 2020 g/mol. The van der Waals surface area contributed by atoms with Crippen LogP contribution in [0.3, 0.4) is 0 Å². The molecule has 6 saturated carbocycles. The van der Waals surface area contributed by atoms with E-state index in [4.69, 9.17) is 14.6 Å². The molecular weight excluding hydrogens is 1850 g/mol. The van der Waals surface area contributed by atoms with Gasteiger partial charge in [-0.2, -0.15) is 0 Å². The lowest BCUT2D eigenvalue weighted by atomic mass is 9.34.